The topological polar surface area (TPSA) is 149 Å². The molecule has 3 aromatic heterocycles. The number of rotatable bonds is 8. The van der Waals surface area contributed by atoms with E-state index in [4.69, 9.17) is 30.7 Å². The molecule has 18 heteroatoms. The van der Waals surface area contributed by atoms with Crippen molar-refractivity contribution < 1.29 is 40.6 Å². The maximum absolute atomic E-state index is 17.7. The largest absolute Gasteiger partial charge is 0.490 e. The Morgan fingerprint density at radius 1 is 1.12 bits per heavy atom. The summed E-state index contributed by atoms with van der Waals surface area (Å²) in [4.78, 5) is 17.2. The molecule has 0 amide bonds. The number of anilines is 3. The van der Waals surface area contributed by atoms with E-state index in [0.717, 1.165) is 25.0 Å². The Balaban J connectivity index is 1.32. The Bertz CT molecular complexity index is 2450. The predicted octanol–water partition coefficient (Wildman–Crippen LogP) is 7.56. The molecule has 4 N–H and O–H groups in total. The molecule has 0 spiro atoms. The molecule has 3 saturated heterocycles. The number of halogens is 6. The second kappa shape index (κ2) is 14.1. The van der Waals surface area contributed by atoms with Gasteiger partial charge >= 0.3 is 12.2 Å². The van der Waals surface area contributed by atoms with Crippen molar-refractivity contribution in [2.75, 3.05) is 62.4 Å². The Morgan fingerprint density at radius 2 is 1.96 bits per heavy atom. The van der Waals surface area contributed by atoms with Gasteiger partial charge in [0, 0.05) is 48.9 Å². The van der Waals surface area contributed by atoms with E-state index in [9.17, 15) is 9.65 Å². The molecule has 298 valence electrons. The first-order valence-corrected chi connectivity index (χ1v) is 19.4. The van der Waals surface area contributed by atoms with E-state index >= 15 is 22.0 Å². The number of benzene rings is 2. The molecule has 4 aliphatic rings. The van der Waals surface area contributed by atoms with Crippen molar-refractivity contribution in [2.24, 2.45) is 5.92 Å². The van der Waals surface area contributed by atoms with E-state index in [-0.39, 0.29) is 82.3 Å². The summed E-state index contributed by atoms with van der Waals surface area (Å²) in [5.74, 6) is -2.87. The highest BCUT2D eigenvalue weighted by Crippen LogP contribution is 2.54. The summed E-state index contributed by atoms with van der Waals surface area (Å²) in [6.45, 7) is 1.50. The minimum absolute atomic E-state index is 0.0251. The number of nitrogens with zero attached hydrogens (tertiary/aromatic N) is 6. The molecule has 9 rings (SSSR count). The molecule has 0 saturated carbocycles. The summed E-state index contributed by atoms with van der Waals surface area (Å²) in [5.41, 5.74) is 8.65. The lowest BCUT2D eigenvalue weighted by Gasteiger charge is -2.34. The summed E-state index contributed by atoms with van der Waals surface area (Å²) in [6, 6.07) is 6.24. The normalized spacial score (nSPS) is 22.8. The number of aromatic nitrogens is 3. The van der Waals surface area contributed by atoms with Crippen LogP contribution in [0.5, 0.6) is 11.8 Å². The fraction of sp³-hybridized carbons (Fsp3) is 0.436. The van der Waals surface area contributed by atoms with Crippen LogP contribution in [0, 0.1) is 28.9 Å². The molecule has 5 aromatic rings. The van der Waals surface area contributed by atoms with Crippen molar-refractivity contribution in [2.45, 2.75) is 56.0 Å². The fourth-order valence-corrected chi connectivity index (χ4v) is 10.2. The van der Waals surface area contributed by atoms with Crippen LogP contribution in [0.15, 0.2) is 30.5 Å². The maximum atomic E-state index is 17.7. The Hall–Kier alpha value is -5.12. The number of nitriles is 1. The van der Waals surface area contributed by atoms with Gasteiger partial charge in [0.15, 0.2) is 5.82 Å². The van der Waals surface area contributed by atoms with Crippen molar-refractivity contribution in [1.29, 1.82) is 5.26 Å². The van der Waals surface area contributed by atoms with E-state index in [1.165, 1.54) is 6.20 Å². The molecule has 2 aromatic carbocycles. The Labute approximate surface area is 326 Å². The van der Waals surface area contributed by atoms with Crippen LogP contribution < -0.4 is 25.8 Å². The number of nitrogen functional groups attached to an aromatic ring is 2. The van der Waals surface area contributed by atoms with Crippen LogP contribution in [0.1, 0.15) is 54.8 Å². The van der Waals surface area contributed by atoms with Gasteiger partial charge in [0.1, 0.15) is 64.7 Å². The second-order valence-electron chi connectivity index (χ2n) is 15.1. The molecule has 3 fully saturated rings. The highest BCUT2D eigenvalue weighted by molar-refractivity contribution is 7.23. The zero-order valence-electron chi connectivity index (χ0n) is 30.3. The molecule has 7 heterocycles. The van der Waals surface area contributed by atoms with Gasteiger partial charge in [-0.2, -0.15) is 28.4 Å². The first kappa shape index (κ1) is 37.5. The molecule has 0 aliphatic carbocycles. The monoisotopic (exact) mass is 810 g/mol. The van der Waals surface area contributed by atoms with E-state index in [1.807, 2.05) is 11.0 Å². The quantitative estimate of drug-likeness (QED) is 0.150. The van der Waals surface area contributed by atoms with Crippen molar-refractivity contribution >= 4 is 49.0 Å². The number of fused-ring (bicyclic) bond motifs is 2. The van der Waals surface area contributed by atoms with Gasteiger partial charge in [0.2, 0.25) is 0 Å². The summed E-state index contributed by atoms with van der Waals surface area (Å²) in [6.07, 6.45) is -1.98. The number of pyridine rings is 1. The van der Waals surface area contributed by atoms with Crippen LogP contribution in [0.25, 0.3) is 32.1 Å². The lowest BCUT2D eigenvalue weighted by molar-refractivity contribution is -0.138. The van der Waals surface area contributed by atoms with Crippen LogP contribution >= 0.6 is 11.3 Å². The molecule has 4 aliphatic heterocycles. The van der Waals surface area contributed by atoms with Gasteiger partial charge < -0.3 is 30.6 Å². The molecule has 4 atom stereocenters. The van der Waals surface area contributed by atoms with E-state index in [0.29, 0.717) is 49.5 Å². The third kappa shape index (κ3) is 6.21. The molecular weight excluding hydrogens is 775 g/mol. The maximum Gasteiger partial charge on any atom is 0.420 e. The van der Waals surface area contributed by atoms with Crippen molar-refractivity contribution in [3.05, 3.63) is 58.8 Å². The van der Waals surface area contributed by atoms with Gasteiger partial charge in [-0.15, -0.1) is 11.3 Å². The average Bonchev–Trinajstić information content (AvgIpc) is 3.94. The first-order valence-electron chi connectivity index (χ1n) is 18.6. The highest BCUT2D eigenvalue weighted by Gasteiger charge is 2.50. The molecule has 0 bridgehead atoms. The van der Waals surface area contributed by atoms with Gasteiger partial charge in [-0.3, -0.25) is 4.90 Å². The van der Waals surface area contributed by atoms with Crippen LogP contribution in [0.2, 0.25) is 0 Å². The number of alkyl halides is 4. The first-order chi connectivity index (χ1) is 27.4. The van der Waals surface area contributed by atoms with Crippen LogP contribution in [0.4, 0.5) is 43.0 Å². The van der Waals surface area contributed by atoms with Gasteiger partial charge in [0.25, 0.3) is 0 Å². The van der Waals surface area contributed by atoms with Gasteiger partial charge in [-0.05, 0) is 55.8 Å². The standard InChI is InChI=1S/C39H36F6N8O3S/c40-20-14-38(7-2-9-52(38)16-20)18-56-37-50-31-28-32(29(39(43,44)45)27(30(31)42)22-4-5-24(41)33-26(22)23(15-46)35(48)57-33)55-12-10-53(36(28)51-37)25(13-19-6-11-54-17-19)21-3-1-8-49-34(21)47/h1,3-5,8,19-20,25H,2,6-7,9-14,16-18,48H2,(H2,47,49)/t19?,20-,25-,38+/m1/s1. The second-order valence-corrected chi connectivity index (χ2v) is 16.1. The minimum atomic E-state index is -5.25. The van der Waals surface area contributed by atoms with Gasteiger partial charge in [0.05, 0.1) is 33.8 Å². The average molecular weight is 811 g/mol. The molecule has 1 unspecified atom stereocenters. The van der Waals surface area contributed by atoms with Crippen molar-refractivity contribution in [1.82, 2.24) is 19.9 Å². The Kier molecular flexibility index (Phi) is 9.24. The number of hydrogen-bond acceptors (Lipinski definition) is 12. The molecule has 57 heavy (non-hydrogen) atoms. The molecule has 0 radical (unpaired) electrons. The van der Waals surface area contributed by atoms with Crippen LogP contribution in [-0.4, -0.2) is 77.6 Å². The van der Waals surface area contributed by atoms with E-state index < -0.39 is 63.5 Å². The lowest BCUT2D eigenvalue weighted by atomic mass is 9.91. The summed E-state index contributed by atoms with van der Waals surface area (Å²) >= 11 is 0.670. The SMILES string of the molecule is N#Cc1c(N)sc2c(F)ccc(-c3c(C(F)(F)F)c4c5c(nc(OC[C@@]67CCCN6C[C@H](F)C7)nc5c3F)N([C@H](CC3CCOC3)c3cccnc3N)CCO4)c12. The molecular formula is C39H36F6N8O3S. The Morgan fingerprint density at radius 3 is 2.72 bits per heavy atom. The van der Waals surface area contributed by atoms with Gasteiger partial charge in [-0.1, -0.05) is 12.1 Å². The lowest BCUT2D eigenvalue weighted by Crippen LogP contribution is -2.43. The third-order valence-electron chi connectivity index (χ3n) is 11.8. The van der Waals surface area contributed by atoms with Crippen LogP contribution in [0.3, 0.4) is 0 Å². The summed E-state index contributed by atoms with van der Waals surface area (Å²) < 4.78 is 112. The molecule has 11 nitrogen and oxygen atoms in total. The fourth-order valence-electron chi connectivity index (χ4n) is 9.23. The number of ether oxygens (including phenoxy) is 3. The summed E-state index contributed by atoms with van der Waals surface area (Å²) in [5, 5.41) is 9.23. The zero-order chi connectivity index (χ0) is 39.8. The predicted molar refractivity (Wildman–Crippen MR) is 201 cm³/mol. The highest BCUT2D eigenvalue weighted by atomic mass is 32.1. The number of hydrogen-bond donors (Lipinski definition) is 2. The number of thiophene rings is 1. The number of nitrogens with two attached hydrogens (primary N) is 2. The van der Waals surface area contributed by atoms with Crippen molar-refractivity contribution in [3.8, 4) is 29.0 Å². The van der Waals surface area contributed by atoms with E-state index in [2.05, 4.69) is 9.97 Å². The smallest absolute Gasteiger partial charge is 0.420 e. The van der Waals surface area contributed by atoms with E-state index in [1.54, 1.807) is 17.0 Å². The minimum Gasteiger partial charge on any atom is -0.490 e. The van der Waals surface area contributed by atoms with Crippen LogP contribution in [-0.2, 0) is 10.9 Å². The zero-order valence-corrected chi connectivity index (χ0v) is 31.2. The summed E-state index contributed by atoms with van der Waals surface area (Å²) in [7, 11) is 0. The van der Waals surface area contributed by atoms with Crippen molar-refractivity contribution in [3.63, 3.8) is 0 Å². The third-order valence-corrected chi connectivity index (χ3v) is 12.8. The van der Waals surface area contributed by atoms with Gasteiger partial charge in [-0.25, -0.2) is 18.2 Å².